The maximum atomic E-state index is 12.7. The van der Waals surface area contributed by atoms with Gasteiger partial charge in [0.05, 0.1) is 19.8 Å². The van der Waals surface area contributed by atoms with Crippen LogP contribution in [0.25, 0.3) is 0 Å². The zero-order chi connectivity index (χ0) is 16.9. The van der Waals surface area contributed by atoms with E-state index < -0.39 is 0 Å². The van der Waals surface area contributed by atoms with Crippen LogP contribution in [0.5, 0.6) is 0 Å². The van der Waals surface area contributed by atoms with Gasteiger partial charge in [0.2, 0.25) is 11.8 Å². The second-order valence-corrected chi connectivity index (χ2v) is 7.31. The van der Waals surface area contributed by atoms with Crippen LogP contribution in [0.1, 0.15) is 39.0 Å². The van der Waals surface area contributed by atoms with Crippen molar-refractivity contribution in [3.8, 4) is 0 Å². The van der Waals surface area contributed by atoms with Gasteiger partial charge in [-0.15, -0.1) is 0 Å². The van der Waals surface area contributed by atoms with Gasteiger partial charge in [0.25, 0.3) is 0 Å². The van der Waals surface area contributed by atoms with E-state index in [0.717, 1.165) is 71.6 Å². The molecule has 2 amide bonds. The Balaban J connectivity index is 1.57. The zero-order valence-corrected chi connectivity index (χ0v) is 14.9. The Morgan fingerprint density at radius 3 is 2.67 bits per heavy atom. The quantitative estimate of drug-likeness (QED) is 0.767. The highest BCUT2D eigenvalue weighted by Gasteiger charge is 2.38. The van der Waals surface area contributed by atoms with Crippen molar-refractivity contribution in [2.75, 3.05) is 52.5 Å². The standard InChI is InChI=1S/C18H31N3O3/c1-2-15-12-21(13-16(15)19-8-10-24-11-9-19)18(23)14-20-7-5-3-4-6-17(20)22/h15-16H,2-14H2,1H3. The highest BCUT2D eigenvalue weighted by molar-refractivity contribution is 5.85. The van der Waals surface area contributed by atoms with Crippen LogP contribution in [0.15, 0.2) is 0 Å². The first kappa shape index (κ1) is 17.7. The van der Waals surface area contributed by atoms with E-state index in [2.05, 4.69) is 11.8 Å². The summed E-state index contributed by atoms with van der Waals surface area (Å²) in [5.41, 5.74) is 0. The molecule has 0 N–H and O–H groups in total. The number of carbonyl (C=O) groups excluding carboxylic acids is 2. The van der Waals surface area contributed by atoms with Crippen molar-refractivity contribution >= 4 is 11.8 Å². The summed E-state index contributed by atoms with van der Waals surface area (Å²) in [6.45, 7) is 8.38. The second kappa shape index (κ2) is 8.30. The predicted molar refractivity (Wildman–Crippen MR) is 91.6 cm³/mol. The van der Waals surface area contributed by atoms with Gasteiger partial charge in [-0.05, 0) is 18.8 Å². The number of rotatable bonds is 4. The molecule has 6 nitrogen and oxygen atoms in total. The van der Waals surface area contributed by atoms with Crippen LogP contribution in [-0.2, 0) is 14.3 Å². The SMILES string of the molecule is CCC1CN(C(=O)CN2CCCCCC2=O)CC1N1CCOCC1. The molecule has 0 saturated carbocycles. The molecule has 3 fully saturated rings. The van der Waals surface area contributed by atoms with E-state index in [0.29, 0.717) is 18.4 Å². The Bertz CT molecular complexity index is 451. The molecule has 0 aliphatic carbocycles. The molecule has 136 valence electrons. The minimum Gasteiger partial charge on any atom is -0.379 e. The van der Waals surface area contributed by atoms with Gasteiger partial charge in [-0.2, -0.15) is 0 Å². The van der Waals surface area contributed by atoms with E-state index >= 15 is 0 Å². The Morgan fingerprint density at radius 1 is 1.12 bits per heavy atom. The minimum absolute atomic E-state index is 0.124. The number of likely N-dealkylation sites (tertiary alicyclic amines) is 2. The van der Waals surface area contributed by atoms with Gasteiger partial charge in [0, 0.05) is 45.2 Å². The number of nitrogens with zero attached hydrogens (tertiary/aromatic N) is 3. The van der Waals surface area contributed by atoms with Crippen molar-refractivity contribution in [2.24, 2.45) is 5.92 Å². The summed E-state index contributed by atoms with van der Waals surface area (Å²) in [5, 5.41) is 0. The molecule has 3 rings (SSSR count). The van der Waals surface area contributed by atoms with Crippen molar-refractivity contribution in [1.82, 2.24) is 14.7 Å². The van der Waals surface area contributed by atoms with Crippen molar-refractivity contribution < 1.29 is 14.3 Å². The van der Waals surface area contributed by atoms with Gasteiger partial charge >= 0.3 is 0 Å². The maximum absolute atomic E-state index is 12.7. The van der Waals surface area contributed by atoms with E-state index in [1.165, 1.54) is 0 Å². The molecule has 2 unspecified atom stereocenters. The topological polar surface area (TPSA) is 53.1 Å². The lowest BCUT2D eigenvalue weighted by Gasteiger charge is -2.34. The molecular weight excluding hydrogens is 306 g/mol. The fraction of sp³-hybridized carbons (Fsp3) is 0.889. The number of hydrogen-bond donors (Lipinski definition) is 0. The molecule has 0 radical (unpaired) electrons. The molecule has 3 aliphatic rings. The van der Waals surface area contributed by atoms with E-state index in [-0.39, 0.29) is 18.4 Å². The summed E-state index contributed by atoms with van der Waals surface area (Å²) in [4.78, 5) is 31.1. The summed E-state index contributed by atoms with van der Waals surface area (Å²) in [7, 11) is 0. The summed E-state index contributed by atoms with van der Waals surface area (Å²) in [6, 6.07) is 0.447. The fourth-order valence-corrected chi connectivity index (χ4v) is 4.25. The average Bonchev–Trinajstić information content (AvgIpc) is 2.95. The van der Waals surface area contributed by atoms with Gasteiger partial charge in [0.1, 0.15) is 0 Å². The van der Waals surface area contributed by atoms with Crippen molar-refractivity contribution in [3.05, 3.63) is 0 Å². The molecule has 24 heavy (non-hydrogen) atoms. The summed E-state index contributed by atoms with van der Waals surface area (Å²) >= 11 is 0. The first-order chi connectivity index (χ1) is 11.7. The number of carbonyl (C=O) groups is 2. The van der Waals surface area contributed by atoms with E-state index in [4.69, 9.17) is 4.74 Å². The third kappa shape index (κ3) is 4.09. The van der Waals surface area contributed by atoms with Gasteiger partial charge < -0.3 is 14.5 Å². The van der Waals surface area contributed by atoms with Crippen LogP contribution in [0.3, 0.4) is 0 Å². The molecule has 6 heteroatoms. The van der Waals surface area contributed by atoms with Crippen LogP contribution < -0.4 is 0 Å². The smallest absolute Gasteiger partial charge is 0.242 e. The van der Waals surface area contributed by atoms with Crippen LogP contribution in [0, 0.1) is 5.92 Å². The number of ether oxygens (including phenoxy) is 1. The largest absolute Gasteiger partial charge is 0.379 e. The normalized spacial score (nSPS) is 29.8. The van der Waals surface area contributed by atoms with Gasteiger partial charge in [-0.25, -0.2) is 0 Å². The fourth-order valence-electron chi connectivity index (χ4n) is 4.25. The Morgan fingerprint density at radius 2 is 1.92 bits per heavy atom. The Hall–Kier alpha value is -1.14. The first-order valence-electron chi connectivity index (χ1n) is 9.56. The molecule has 3 aliphatic heterocycles. The second-order valence-electron chi connectivity index (χ2n) is 7.31. The number of amides is 2. The third-order valence-corrected chi connectivity index (χ3v) is 5.80. The molecular formula is C18H31N3O3. The Kier molecular flexibility index (Phi) is 6.11. The van der Waals surface area contributed by atoms with E-state index in [1.54, 1.807) is 4.90 Å². The van der Waals surface area contributed by atoms with Gasteiger partial charge in [-0.1, -0.05) is 19.8 Å². The molecule has 0 aromatic heterocycles. The summed E-state index contributed by atoms with van der Waals surface area (Å²) < 4.78 is 5.46. The van der Waals surface area contributed by atoms with Gasteiger partial charge in [-0.3, -0.25) is 14.5 Å². The summed E-state index contributed by atoms with van der Waals surface area (Å²) in [5.74, 6) is 0.808. The van der Waals surface area contributed by atoms with Crippen LogP contribution in [0.2, 0.25) is 0 Å². The highest BCUT2D eigenvalue weighted by atomic mass is 16.5. The third-order valence-electron chi connectivity index (χ3n) is 5.80. The molecule has 0 aromatic carbocycles. The van der Waals surface area contributed by atoms with Crippen LogP contribution in [0.4, 0.5) is 0 Å². The molecule has 0 bridgehead atoms. The Labute approximate surface area is 145 Å². The zero-order valence-electron chi connectivity index (χ0n) is 14.9. The lowest BCUT2D eigenvalue weighted by Crippen LogP contribution is -2.48. The van der Waals surface area contributed by atoms with Crippen molar-refractivity contribution in [2.45, 2.75) is 45.1 Å². The summed E-state index contributed by atoms with van der Waals surface area (Å²) in [6.07, 6.45) is 4.77. The average molecular weight is 337 g/mol. The molecule has 3 saturated heterocycles. The van der Waals surface area contributed by atoms with Crippen LogP contribution >= 0.6 is 0 Å². The molecule has 0 aromatic rings. The monoisotopic (exact) mass is 337 g/mol. The van der Waals surface area contributed by atoms with Crippen LogP contribution in [-0.4, -0.2) is 85.0 Å². The number of morpholine rings is 1. The predicted octanol–water partition coefficient (Wildman–Crippen LogP) is 0.958. The van der Waals surface area contributed by atoms with E-state index in [9.17, 15) is 9.59 Å². The maximum Gasteiger partial charge on any atom is 0.242 e. The lowest BCUT2D eigenvalue weighted by atomic mass is 9.99. The van der Waals surface area contributed by atoms with Crippen molar-refractivity contribution in [1.29, 1.82) is 0 Å². The van der Waals surface area contributed by atoms with E-state index in [1.807, 2.05) is 4.90 Å². The lowest BCUT2D eigenvalue weighted by molar-refractivity contribution is -0.139. The number of hydrogen-bond acceptors (Lipinski definition) is 4. The molecule has 3 heterocycles. The highest BCUT2D eigenvalue weighted by Crippen LogP contribution is 2.26. The van der Waals surface area contributed by atoms with Crippen molar-refractivity contribution in [3.63, 3.8) is 0 Å². The molecule has 2 atom stereocenters. The van der Waals surface area contributed by atoms with Gasteiger partial charge in [0.15, 0.2) is 0 Å². The minimum atomic E-state index is 0.124. The first-order valence-corrected chi connectivity index (χ1v) is 9.56. The molecule has 0 spiro atoms.